The Morgan fingerprint density at radius 2 is 1.28 bits per heavy atom. The van der Waals surface area contributed by atoms with Crippen LogP contribution in [0.1, 0.15) is 103 Å². The Hall–Kier alpha value is -1.44. The highest BCUT2D eigenvalue weighted by molar-refractivity contribution is 5.69. The normalized spacial score (nSPS) is 13.4. The zero-order valence-electron chi connectivity index (χ0n) is 23.7. The van der Waals surface area contributed by atoms with Crippen molar-refractivity contribution >= 4 is 11.9 Å². The highest BCUT2D eigenvalue weighted by Crippen LogP contribution is 2.11. The predicted octanol–water partition coefficient (Wildman–Crippen LogP) is 6.25. The van der Waals surface area contributed by atoms with Gasteiger partial charge in [-0.3, -0.25) is 9.59 Å². The summed E-state index contributed by atoms with van der Waals surface area (Å²) in [6.45, 7) is 4.68. The molecule has 1 N–H and O–H groups in total. The lowest BCUT2D eigenvalue weighted by atomic mass is 10.0. The third kappa shape index (κ3) is 23.0. The van der Waals surface area contributed by atoms with Crippen molar-refractivity contribution in [3.8, 4) is 0 Å². The van der Waals surface area contributed by atoms with Gasteiger partial charge in [0.05, 0.1) is 32.3 Å². The first-order valence-electron chi connectivity index (χ1n) is 14.1. The average molecular weight is 514 g/mol. The van der Waals surface area contributed by atoms with Crippen LogP contribution < -0.4 is 0 Å². The average Bonchev–Trinajstić information content (AvgIpc) is 2.85. The summed E-state index contributed by atoms with van der Waals surface area (Å²) in [5, 5.41) is 8.87. The summed E-state index contributed by atoms with van der Waals surface area (Å²) in [5.74, 6) is -1.04. The van der Waals surface area contributed by atoms with E-state index in [1.165, 1.54) is 39.2 Å². The van der Waals surface area contributed by atoms with Crippen molar-refractivity contribution in [1.82, 2.24) is 4.90 Å². The summed E-state index contributed by atoms with van der Waals surface area (Å²) in [7, 11) is 5.55. The van der Waals surface area contributed by atoms with Crippen LogP contribution in [0.15, 0.2) is 12.2 Å². The summed E-state index contributed by atoms with van der Waals surface area (Å²) >= 11 is 0. The molecule has 2 atom stereocenters. The van der Waals surface area contributed by atoms with E-state index in [-0.39, 0.29) is 17.9 Å². The first-order chi connectivity index (χ1) is 17.4. The molecule has 0 spiro atoms. The third-order valence-electron chi connectivity index (χ3n) is 6.50. The molecular weight excluding hydrogens is 458 g/mol. The van der Waals surface area contributed by atoms with E-state index in [2.05, 4.69) is 35.9 Å². The molecule has 0 aromatic heterocycles. The second-order valence-corrected chi connectivity index (χ2v) is 10.1. The highest BCUT2D eigenvalue weighted by Gasteiger charge is 2.12. The minimum absolute atomic E-state index is 0.140. The first-order valence-corrected chi connectivity index (χ1v) is 14.1. The van der Waals surface area contributed by atoms with Crippen molar-refractivity contribution in [1.29, 1.82) is 0 Å². The van der Waals surface area contributed by atoms with Crippen LogP contribution in [0.25, 0.3) is 0 Å². The number of methoxy groups -OCH3 is 1. The molecule has 0 aromatic rings. The number of nitrogens with zero attached hydrogens (tertiary/aromatic N) is 1. The summed E-state index contributed by atoms with van der Waals surface area (Å²) < 4.78 is 16.4. The predicted molar refractivity (Wildman–Crippen MR) is 146 cm³/mol. The van der Waals surface area contributed by atoms with Crippen LogP contribution in [-0.2, 0) is 23.8 Å². The second kappa shape index (κ2) is 25.2. The van der Waals surface area contributed by atoms with Gasteiger partial charge < -0.3 is 24.2 Å². The van der Waals surface area contributed by atoms with Gasteiger partial charge >= 0.3 is 11.9 Å². The number of hydrogen-bond acceptors (Lipinski definition) is 6. The Kier molecular flexibility index (Phi) is 24.2. The molecule has 212 valence electrons. The van der Waals surface area contributed by atoms with Crippen LogP contribution in [0.2, 0.25) is 0 Å². The molecule has 7 nitrogen and oxygen atoms in total. The van der Waals surface area contributed by atoms with E-state index in [1.54, 1.807) is 6.92 Å². The number of carboxylic acid groups (broad SMARTS) is 1. The van der Waals surface area contributed by atoms with Gasteiger partial charge in [0.25, 0.3) is 0 Å². The third-order valence-corrected chi connectivity index (χ3v) is 6.50. The number of carbonyl (C=O) groups is 2. The quantitative estimate of drug-likeness (QED) is 0.0831. The fourth-order valence-electron chi connectivity index (χ4n) is 3.78. The zero-order valence-corrected chi connectivity index (χ0v) is 23.7. The van der Waals surface area contributed by atoms with Gasteiger partial charge in [-0.15, -0.1) is 0 Å². The largest absolute Gasteiger partial charge is 0.481 e. The maximum absolute atomic E-state index is 11.1. The van der Waals surface area contributed by atoms with Gasteiger partial charge in [0.2, 0.25) is 0 Å². The smallest absolute Gasteiger partial charge is 0.306 e. The molecule has 0 aromatic carbocycles. The SMILES string of the molecule is COC(=O)CCCCCOCC(COCCCCCCCC/C=C\CCCCC(C)C(=O)O)N(C)C. The van der Waals surface area contributed by atoms with Gasteiger partial charge in [-0.1, -0.05) is 57.6 Å². The van der Waals surface area contributed by atoms with Crippen LogP contribution >= 0.6 is 0 Å². The number of hydrogen-bond donors (Lipinski definition) is 1. The van der Waals surface area contributed by atoms with E-state index in [4.69, 9.17) is 14.6 Å². The molecule has 0 fully saturated rings. The maximum atomic E-state index is 11.1. The number of aliphatic carboxylic acids is 1. The van der Waals surface area contributed by atoms with Crippen LogP contribution in [0.5, 0.6) is 0 Å². The Labute approximate surface area is 220 Å². The highest BCUT2D eigenvalue weighted by atomic mass is 16.5. The molecule has 0 amide bonds. The summed E-state index contributed by atoms with van der Waals surface area (Å²) in [6, 6.07) is 0.265. The Bertz CT molecular complexity index is 552. The van der Waals surface area contributed by atoms with E-state index in [1.807, 2.05) is 0 Å². The van der Waals surface area contributed by atoms with E-state index >= 15 is 0 Å². The number of carbonyl (C=O) groups excluding carboxylic acids is 1. The van der Waals surface area contributed by atoms with E-state index in [9.17, 15) is 9.59 Å². The van der Waals surface area contributed by atoms with Gasteiger partial charge in [-0.2, -0.15) is 0 Å². The lowest BCUT2D eigenvalue weighted by molar-refractivity contribution is -0.142. The number of allylic oxidation sites excluding steroid dienone is 2. The van der Waals surface area contributed by atoms with Crippen LogP contribution in [0.3, 0.4) is 0 Å². The molecule has 0 saturated heterocycles. The zero-order chi connectivity index (χ0) is 26.9. The summed E-state index contributed by atoms with van der Waals surface area (Å²) in [4.78, 5) is 24.0. The van der Waals surface area contributed by atoms with Crippen molar-refractivity contribution in [3.05, 3.63) is 12.2 Å². The van der Waals surface area contributed by atoms with Crippen molar-refractivity contribution in [2.45, 2.75) is 109 Å². The number of esters is 1. The Morgan fingerprint density at radius 3 is 1.81 bits per heavy atom. The van der Waals surface area contributed by atoms with Crippen molar-refractivity contribution in [2.24, 2.45) is 5.92 Å². The molecular formula is C29H55NO6. The molecule has 0 aliphatic rings. The van der Waals surface area contributed by atoms with E-state index in [0.717, 1.165) is 71.0 Å². The van der Waals surface area contributed by atoms with Crippen molar-refractivity contribution < 1.29 is 28.9 Å². The van der Waals surface area contributed by atoms with Gasteiger partial charge in [0.1, 0.15) is 0 Å². The monoisotopic (exact) mass is 513 g/mol. The lowest BCUT2D eigenvalue weighted by Gasteiger charge is -2.24. The minimum Gasteiger partial charge on any atom is -0.481 e. The van der Waals surface area contributed by atoms with E-state index < -0.39 is 5.97 Å². The fourth-order valence-corrected chi connectivity index (χ4v) is 3.78. The molecule has 0 heterocycles. The lowest BCUT2D eigenvalue weighted by Crippen LogP contribution is -2.37. The molecule has 7 heteroatoms. The topological polar surface area (TPSA) is 85.3 Å². The number of rotatable bonds is 26. The number of likely N-dealkylation sites (N-methyl/N-ethyl adjacent to an activating group) is 1. The molecule has 0 aliphatic heterocycles. The standard InChI is InChI=1S/C29H55NO6/c1-26(29(32)33)20-16-13-11-9-7-5-6-8-10-12-14-18-22-35-24-27(30(2)3)25-36-23-19-15-17-21-28(31)34-4/h7,9,26-27H,5-6,8,10-25H2,1-4H3,(H,32,33)/b9-7-. The van der Waals surface area contributed by atoms with Crippen LogP contribution in [-0.4, -0.2) is 75.6 Å². The van der Waals surface area contributed by atoms with Crippen molar-refractivity contribution in [3.63, 3.8) is 0 Å². The van der Waals surface area contributed by atoms with Gasteiger partial charge in [0, 0.05) is 19.6 Å². The fraction of sp³-hybridized carbons (Fsp3) is 0.862. The first kappa shape index (κ1) is 34.6. The number of unbranched alkanes of at least 4 members (excludes halogenated alkanes) is 10. The summed E-state index contributed by atoms with van der Waals surface area (Å²) in [6.07, 6.45) is 20.3. The van der Waals surface area contributed by atoms with Gasteiger partial charge in [-0.25, -0.2) is 0 Å². The minimum atomic E-state index is -0.685. The van der Waals surface area contributed by atoms with Crippen LogP contribution in [0.4, 0.5) is 0 Å². The number of carboxylic acids is 1. The summed E-state index contributed by atoms with van der Waals surface area (Å²) in [5.41, 5.74) is 0. The Balaban J connectivity index is 3.49. The van der Waals surface area contributed by atoms with Crippen LogP contribution in [0, 0.1) is 5.92 Å². The van der Waals surface area contributed by atoms with Gasteiger partial charge in [0.15, 0.2) is 0 Å². The molecule has 0 aliphatic carbocycles. The molecule has 0 rings (SSSR count). The molecule has 0 bridgehead atoms. The molecule has 36 heavy (non-hydrogen) atoms. The molecule has 0 saturated carbocycles. The maximum Gasteiger partial charge on any atom is 0.306 e. The molecule has 2 unspecified atom stereocenters. The number of ether oxygens (including phenoxy) is 3. The van der Waals surface area contributed by atoms with Gasteiger partial charge in [-0.05, 0) is 65.5 Å². The Morgan fingerprint density at radius 1 is 0.778 bits per heavy atom. The molecule has 0 radical (unpaired) electrons. The second-order valence-electron chi connectivity index (χ2n) is 10.1. The van der Waals surface area contributed by atoms with Crippen molar-refractivity contribution in [2.75, 3.05) is 47.6 Å². The van der Waals surface area contributed by atoms with E-state index in [0.29, 0.717) is 19.6 Å².